The monoisotopic (exact) mass is 437 g/mol. The molecule has 0 aliphatic rings. The summed E-state index contributed by atoms with van der Waals surface area (Å²) in [4.78, 5) is 11.2. The van der Waals surface area contributed by atoms with Gasteiger partial charge in [0.25, 0.3) is 10.0 Å². The van der Waals surface area contributed by atoms with Gasteiger partial charge in [0.1, 0.15) is 5.75 Å². The lowest BCUT2D eigenvalue weighted by molar-refractivity contribution is -0.0512. The number of alkyl halides is 2. The molecule has 2 aromatic rings. The third-order valence-corrected chi connectivity index (χ3v) is 5.09. The van der Waals surface area contributed by atoms with E-state index in [2.05, 4.69) is 9.46 Å². The highest BCUT2D eigenvalue weighted by Crippen LogP contribution is 2.36. The van der Waals surface area contributed by atoms with E-state index in [1.807, 2.05) is 0 Å². The number of nitrogens with one attached hydrogen (secondary N) is 1. The number of hydrogen-bond acceptors (Lipinski definition) is 6. The van der Waals surface area contributed by atoms with Crippen LogP contribution in [0.25, 0.3) is 0 Å². The molecule has 2 rings (SSSR count). The Morgan fingerprint density at radius 1 is 1.11 bits per heavy atom. The van der Waals surface area contributed by atoms with Crippen LogP contribution in [0.1, 0.15) is 10.4 Å². The molecule has 0 atom stereocenters. The van der Waals surface area contributed by atoms with Gasteiger partial charge < -0.3 is 19.3 Å². The summed E-state index contributed by atoms with van der Waals surface area (Å²) >= 11 is 5.92. The Hall–Kier alpha value is -2.79. The lowest BCUT2D eigenvalue weighted by Gasteiger charge is -2.16. The molecule has 0 aromatic heterocycles. The maximum absolute atomic E-state index is 12.6. The Morgan fingerprint density at radius 3 is 2.25 bits per heavy atom. The number of anilines is 1. The first-order chi connectivity index (χ1) is 13.1. The molecule has 0 radical (unpaired) electrons. The largest absolute Gasteiger partial charge is 0.495 e. The number of carboxylic acid groups (broad SMARTS) is 1. The van der Waals surface area contributed by atoms with Crippen LogP contribution in [0.3, 0.4) is 0 Å². The van der Waals surface area contributed by atoms with Gasteiger partial charge in [-0.1, -0.05) is 11.6 Å². The summed E-state index contributed by atoms with van der Waals surface area (Å²) in [7, 11) is -1.81. The van der Waals surface area contributed by atoms with Crippen molar-refractivity contribution in [1.82, 2.24) is 0 Å². The minimum Gasteiger partial charge on any atom is -0.495 e. The molecule has 0 heterocycles. The molecule has 0 aliphatic carbocycles. The summed E-state index contributed by atoms with van der Waals surface area (Å²) in [6.07, 6.45) is 0. The molecule has 0 amide bonds. The minimum atomic E-state index is -4.28. The third-order valence-electron chi connectivity index (χ3n) is 3.43. The Balaban J connectivity index is 2.51. The van der Waals surface area contributed by atoms with E-state index in [1.54, 1.807) is 0 Å². The number of sulfonamides is 1. The molecule has 8 nitrogen and oxygen atoms in total. The number of methoxy groups -OCH3 is 2. The molecule has 0 fully saturated rings. The Bertz CT molecular complexity index is 999. The van der Waals surface area contributed by atoms with E-state index in [1.165, 1.54) is 19.2 Å². The highest BCUT2D eigenvalue weighted by Gasteiger charge is 2.23. The van der Waals surface area contributed by atoms with Crippen molar-refractivity contribution in [2.24, 2.45) is 0 Å². The number of rotatable bonds is 8. The molecule has 2 aromatic carbocycles. The number of carboxylic acids is 1. The van der Waals surface area contributed by atoms with E-state index < -0.39 is 39.6 Å². The number of ether oxygens (including phenoxy) is 3. The lowest BCUT2D eigenvalue weighted by Crippen LogP contribution is -2.16. The van der Waals surface area contributed by atoms with Crippen LogP contribution in [0.5, 0.6) is 17.2 Å². The van der Waals surface area contributed by atoms with Crippen molar-refractivity contribution in [3.8, 4) is 17.2 Å². The van der Waals surface area contributed by atoms with Crippen LogP contribution >= 0.6 is 11.6 Å². The Morgan fingerprint density at radius 2 is 1.75 bits per heavy atom. The Labute approximate surface area is 163 Å². The molecule has 0 aliphatic heterocycles. The standard InChI is InChI=1S/C16H14ClF2NO7S/c1-25-12-4-3-8(5-10(12)17)28(23,24)20-11-7-13(26-2)14(27-16(18)19)6-9(11)15(21)22/h3-7,16,20H,1-2H3,(H,21,22). The van der Waals surface area contributed by atoms with Crippen LogP contribution in [0, 0.1) is 0 Å². The van der Waals surface area contributed by atoms with Crippen LogP contribution < -0.4 is 18.9 Å². The highest BCUT2D eigenvalue weighted by molar-refractivity contribution is 7.92. The van der Waals surface area contributed by atoms with Crippen molar-refractivity contribution in [3.05, 3.63) is 40.9 Å². The first kappa shape index (κ1) is 21.5. The molecule has 2 N–H and O–H groups in total. The molecular weight excluding hydrogens is 424 g/mol. The summed E-state index contributed by atoms with van der Waals surface area (Å²) in [6, 6.07) is 5.26. The fourth-order valence-corrected chi connectivity index (χ4v) is 3.61. The number of halogens is 3. The molecule has 12 heteroatoms. The van der Waals surface area contributed by atoms with Crippen LogP contribution in [-0.4, -0.2) is 40.3 Å². The Kier molecular flexibility index (Phi) is 6.52. The molecule has 0 spiro atoms. The average molecular weight is 438 g/mol. The number of hydrogen-bond donors (Lipinski definition) is 2. The van der Waals surface area contributed by atoms with E-state index in [4.69, 9.17) is 21.1 Å². The second-order valence-corrected chi connectivity index (χ2v) is 7.22. The molecule has 152 valence electrons. The first-order valence-corrected chi connectivity index (χ1v) is 9.21. The normalized spacial score (nSPS) is 11.2. The van der Waals surface area contributed by atoms with E-state index in [0.29, 0.717) is 0 Å². The fraction of sp³-hybridized carbons (Fsp3) is 0.188. The quantitative estimate of drug-likeness (QED) is 0.650. The van der Waals surface area contributed by atoms with Gasteiger partial charge in [-0.3, -0.25) is 4.72 Å². The zero-order valence-electron chi connectivity index (χ0n) is 14.4. The summed E-state index contributed by atoms with van der Waals surface area (Å²) in [5.41, 5.74) is -1.04. The second-order valence-electron chi connectivity index (χ2n) is 5.13. The summed E-state index contributed by atoms with van der Waals surface area (Å²) in [5, 5.41) is 9.33. The van der Waals surface area contributed by atoms with Gasteiger partial charge in [-0.05, 0) is 18.2 Å². The van der Waals surface area contributed by atoms with Crippen molar-refractivity contribution in [2.45, 2.75) is 11.5 Å². The lowest BCUT2D eigenvalue weighted by atomic mass is 10.1. The van der Waals surface area contributed by atoms with E-state index >= 15 is 0 Å². The van der Waals surface area contributed by atoms with Gasteiger partial charge in [-0.25, -0.2) is 13.2 Å². The van der Waals surface area contributed by atoms with Crippen LogP contribution in [0.15, 0.2) is 35.2 Å². The average Bonchev–Trinajstić information content (AvgIpc) is 2.61. The van der Waals surface area contributed by atoms with E-state index in [9.17, 15) is 27.1 Å². The SMILES string of the molecule is COc1ccc(S(=O)(=O)Nc2cc(OC)c(OC(F)F)cc2C(=O)O)cc1Cl. The van der Waals surface area contributed by atoms with Gasteiger partial charge in [-0.15, -0.1) is 0 Å². The van der Waals surface area contributed by atoms with Crippen molar-refractivity contribution < 1.29 is 41.3 Å². The topological polar surface area (TPSA) is 111 Å². The summed E-state index contributed by atoms with van der Waals surface area (Å²) in [5.74, 6) is -2.20. The first-order valence-electron chi connectivity index (χ1n) is 7.35. The van der Waals surface area contributed by atoms with E-state index in [-0.39, 0.29) is 21.4 Å². The molecule has 28 heavy (non-hydrogen) atoms. The number of carbonyl (C=O) groups is 1. The molecule has 0 unspecified atom stereocenters. The number of benzene rings is 2. The van der Waals surface area contributed by atoms with Gasteiger partial charge in [0, 0.05) is 12.1 Å². The fourth-order valence-electron chi connectivity index (χ4n) is 2.19. The molecular formula is C16H14ClF2NO7S. The smallest absolute Gasteiger partial charge is 0.387 e. The predicted octanol–water partition coefficient (Wildman–Crippen LogP) is 3.46. The van der Waals surface area contributed by atoms with Gasteiger partial charge >= 0.3 is 12.6 Å². The summed E-state index contributed by atoms with van der Waals surface area (Å²) < 4.78 is 66.3. The van der Waals surface area contributed by atoms with Crippen molar-refractivity contribution in [1.29, 1.82) is 0 Å². The van der Waals surface area contributed by atoms with Crippen molar-refractivity contribution in [3.63, 3.8) is 0 Å². The van der Waals surface area contributed by atoms with Gasteiger partial charge in [-0.2, -0.15) is 8.78 Å². The maximum Gasteiger partial charge on any atom is 0.387 e. The number of aromatic carboxylic acids is 1. The van der Waals surface area contributed by atoms with Gasteiger partial charge in [0.2, 0.25) is 0 Å². The zero-order valence-corrected chi connectivity index (χ0v) is 16.0. The second kappa shape index (κ2) is 8.48. The third kappa shape index (κ3) is 4.73. The van der Waals surface area contributed by atoms with Crippen LogP contribution in [0.2, 0.25) is 5.02 Å². The van der Waals surface area contributed by atoms with Crippen molar-refractivity contribution in [2.75, 3.05) is 18.9 Å². The molecule has 0 saturated carbocycles. The zero-order chi connectivity index (χ0) is 21.1. The van der Waals surface area contributed by atoms with Gasteiger partial charge in [0.05, 0.1) is 35.4 Å². The molecule has 0 bridgehead atoms. The van der Waals surface area contributed by atoms with Gasteiger partial charge in [0.15, 0.2) is 11.5 Å². The highest BCUT2D eigenvalue weighted by atomic mass is 35.5. The predicted molar refractivity (Wildman–Crippen MR) is 95.4 cm³/mol. The van der Waals surface area contributed by atoms with Crippen LogP contribution in [0.4, 0.5) is 14.5 Å². The van der Waals surface area contributed by atoms with Crippen molar-refractivity contribution >= 4 is 33.3 Å². The van der Waals surface area contributed by atoms with E-state index in [0.717, 1.165) is 25.3 Å². The minimum absolute atomic E-state index is 0.0158. The molecule has 0 saturated heterocycles. The summed E-state index contributed by atoms with van der Waals surface area (Å²) in [6.45, 7) is -3.24. The van der Waals surface area contributed by atoms with Crippen LogP contribution in [-0.2, 0) is 10.0 Å². The maximum atomic E-state index is 12.6.